The van der Waals surface area contributed by atoms with E-state index in [9.17, 15) is 13.2 Å². The normalized spacial score (nSPS) is 11.2. The molecule has 0 amide bonds. The van der Waals surface area contributed by atoms with Crippen LogP contribution in [0.25, 0.3) is 0 Å². The first-order valence-electron chi connectivity index (χ1n) is 6.71. The number of carbonyl (C=O) groups excluding carboxylic acids is 1. The van der Waals surface area contributed by atoms with Gasteiger partial charge in [-0.25, -0.2) is 13.2 Å². The Morgan fingerprint density at radius 3 is 2.46 bits per heavy atom. The highest BCUT2D eigenvalue weighted by Crippen LogP contribution is 2.25. The first-order valence-corrected chi connectivity index (χ1v) is 9.36. The molecule has 0 fully saturated rings. The van der Waals surface area contributed by atoms with Crippen LogP contribution in [-0.2, 0) is 21.2 Å². The Kier molecular flexibility index (Phi) is 5.74. The molecule has 0 atom stereocenters. The van der Waals surface area contributed by atoms with Crippen molar-refractivity contribution in [3.8, 4) is 5.75 Å². The van der Waals surface area contributed by atoms with Crippen LogP contribution in [0.4, 0.5) is 0 Å². The van der Waals surface area contributed by atoms with Crippen LogP contribution in [0.1, 0.15) is 15.9 Å². The molecule has 24 heavy (non-hydrogen) atoms. The van der Waals surface area contributed by atoms with Gasteiger partial charge in [-0.2, -0.15) is 0 Å². The molecule has 8 heteroatoms. The van der Waals surface area contributed by atoms with Gasteiger partial charge in [0, 0.05) is 16.8 Å². The van der Waals surface area contributed by atoms with E-state index in [1.165, 1.54) is 25.3 Å². The third kappa shape index (κ3) is 4.41. The van der Waals surface area contributed by atoms with Gasteiger partial charge in [0.25, 0.3) is 0 Å². The van der Waals surface area contributed by atoms with E-state index in [0.29, 0.717) is 16.3 Å². The fraction of sp³-hybridized carbons (Fsp3) is 0.188. The van der Waals surface area contributed by atoms with E-state index >= 15 is 0 Å². The zero-order chi connectivity index (χ0) is 17.9. The molecule has 2 aromatic rings. The molecule has 0 aromatic heterocycles. The van der Waals surface area contributed by atoms with Crippen LogP contribution < -0.4 is 4.74 Å². The fourth-order valence-corrected chi connectivity index (χ4v) is 3.01. The maximum atomic E-state index is 12.2. The zero-order valence-electron chi connectivity index (χ0n) is 12.9. The fourth-order valence-electron chi connectivity index (χ4n) is 1.97. The molecule has 0 unspecified atom stereocenters. The number of sulfone groups is 1. The number of esters is 1. The van der Waals surface area contributed by atoms with E-state index in [4.69, 9.17) is 32.7 Å². The molecule has 0 aliphatic carbocycles. The van der Waals surface area contributed by atoms with Gasteiger partial charge in [0.05, 0.1) is 22.6 Å². The third-order valence-corrected chi connectivity index (χ3v) is 4.86. The van der Waals surface area contributed by atoms with Gasteiger partial charge in [0.15, 0.2) is 9.84 Å². The topological polar surface area (TPSA) is 69.7 Å². The van der Waals surface area contributed by atoms with Crippen molar-refractivity contribution < 1.29 is 22.7 Å². The summed E-state index contributed by atoms with van der Waals surface area (Å²) in [6, 6.07) is 8.78. The molecule has 0 saturated heterocycles. The molecule has 5 nitrogen and oxygen atoms in total. The molecule has 0 radical (unpaired) electrons. The number of methoxy groups -OCH3 is 1. The van der Waals surface area contributed by atoms with Crippen LogP contribution >= 0.6 is 23.2 Å². The Morgan fingerprint density at radius 2 is 1.83 bits per heavy atom. The van der Waals surface area contributed by atoms with E-state index < -0.39 is 15.8 Å². The molecule has 0 aliphatic rings. The predicted octanol–water partition coefficient (Wildman–Crippen LogP) is 3.76. The van der Waals surface area contributed by atoms with Gasteiger partial charge in [-0.15, -0.1) is 0 Å². The minimum Gasteiger partial charge on any atom is -0.496 e. The minimum absolute atomic E-state index is 0.0146. The standard InChI is InChI=1S/C16H14Cl2O5S/c1-22-15-6-3-11(17)7-10(15)9-23-16(19)13-8-12(24(2,20)21)4-5-14(13)18/h3-8H,9H2,1-2H3. The molecule has 0 aliphatic heterocycles. The second-order valence-electron chi connectivity index (χ2n) is 4.95. The highest BCUT2D eigenvalue weighted by Gasteiger charge is 2.17. The highest BCUT2D eigenvalue weighted by molar-refractivity contribution is 7.90. The van der Waals surface area contributed by atoms with Gasteiger partial charge >= 0.3 is 5.97 Å². The van der Waals surface area contributed by atoms with Crippen molar-refractivity contribution >= 4 is 39.0 Å². The van der Waals surface area contributed by atoms with Crippen molar-refractivity contribution in [3.05, 3.63) is 57.6 Å². The van der Waals surface area contributed by atoms with Gasteiger partial charge in [-0.05, 0) is 36.4 Å². The van der Waals surface area contributed by atoms with Crippen LogP contribution in [0.5, 0.6) is 5.75 Å². The Morgan fingerprint density at radius 1 is 1.12 bits per heavy atom. The Hall–Kier alpha value is -1.76. The molecule has 0 heterocycles. The van der Waals surface area contributed by atoms with Crippen molar-refractivity contribution in [2.75, 3.05) is 13.4 Å². The lowest BCUT2D eigenvalue weighted by molar-refractivity contribution is 0.0470. The lowest BCUT2D eigenvalue weighted by Crippen LogP contribution is -2.08. The van der Waals surface area contributed by atoms with E-state index in [1.807, 2.05) is 0 Å². The summed E-state index contributed by atoms with van der Waals surface area (Å²) in [5.41, 5.74) is 0.550. The average Bonchev–Trinajstić information content (AvgIpc) is 2.52. The molecular formula is C16H14Cl2O5S. The number of ether oxygens (including phenoxy) is 2. The smallest absolute Gasteiger partial charge is 0.340 e. The summed E-state index contributed by atoms with van der Waals surface area (Å²) in [5.74, 6) is -0.226. The van der Waals surface area contributed by atoms with Crippen molar-refractivity contribution in [1.82, 2.24) is 0 Å². The van der Waals surface area contributed by atoms with Crippen LogP contribution in [0.3, 0.4) is 0 Å². The molecule has 128 valence electrons. The number of hydrogen-bond donors (Lipinski definition) is 0. The maximum absolute atomic E-state index is 12.2. The van der Waals surface area contributed by atoms with Gasteiger partial charge in [0.1, 0.15) is 12.4 Å². The molecule has 2 rings (SSSR count). The molecular weight excluding hydrogens is 375 g/mol. The molecule has 2 aromatic carbocycles. The first-order chi connectivity index (χ1) is 11.2. The minimum atomic E-state index is -3.46. The SMILES string of the molecule is COc1ccc(Cl)cc1COC(=O)c1cc(S(C)(=O)=O)ccc1Cl. The first kappa shape index (κ1) is 18.6. The second kappa shape index (κ2) is 7.42. The Bertz CT molecular complexity index is 878. The quantitative estimate of drug-likeness (QED) is 0.729. The zero-order valence-corrected chi connectivity index (χ0v) is 15.2. The lowest BCUT2D eigenvalue weighted by atomic mass is 10.2. The molecule has 0 bridgehead atoms. The van der Waals surface area contributed by atoms with Crippen molar-refractivity contribution in [2.45, 2.75) is 11.5 Å². The lowest BCUT2D eigenvalue weighted by Gasteiger charge is -2.11. The third-order valence-electron chi connectivity index (χ3n) is 3.19. The van der Waals surface area contributed by atoms with Crippen molar-refractivity contribution in [3.63, 3.8) is 0 Å². The van der Waals surface area contributed by atoms with E-state index in [-0.39, 0.29) is 22.1 Å². The van der Waals surface area contributed by atoms with Crippen molar-refractivity contribution in [2.24, 2.45) is 0 Å². The summed E-state index contributed by atoms with van der Waals surface area (Å²) >= 11 is 11.9. The summed E-state index contributed by atoms with van der Waals surface area (Å²) in [4.78, 5) is 12.2. The van der Waals surface area contributed by atoms with Crippen LogP contribution in [0, 0.1) is 0 Å². The van der Waals surface area contributed by atoms with Gasteiger partial charge in [-0.1, -0.05) is 23.2 Å². The van der Waals surface area contributed by atoms with Gasteiger partial charge < -0.3 is 9.47 Å². The van der Waals surface area contributed by atoms with E-state index in [0.717, 1.165) is 6.26 Å². The summed E-state index contributed by atoms with van der Waals surface area (Å²) < 4.78 is 33.6. The molecule has 0 spiro atoms. The number of hydrogen-bond acceptors (Lipinski definition) is 5. The largest absolute Gasteiger partial charge is 0.496 e. The number of halogens is 2. The molecule has 0 N–H and O–H groups in total. The van der Waals surface area contributed by atoms with Crippen LogP contribution in [0.15, 0.2) is 41.3 Å². The summed E-state index contributed by atoms with van der Waals surface area (Å²) in [7, 11) is -1.98. The van der Waals surface area contributed by atoms with E-state index in [2.05, 4.69) is 0 Å². The van der Waals surface area contributed by atoms with Crippen LogP contribution in [0.2, 0.25) is 10.0 Å². The Balaban J connectivity index is 2.24. The average molecular weight is 389 g/mol. The monoisotopic (exact) mass is 388 g/mol. The summed E-state index contributed by atoms with van der Waals surface area (Å²) in [6.07, 6.45) is 1.04. The van der Waals surface area contributed by atoms with Crippen LogP contribution in [-0.4, -0.2) is 27.8 Å². The maximum Gasteiger partial charge on any atom is 0.340 e. The molecule has 0 saturated carbocycles. The number of benzene rings is 2. The van der Waals surface area contributed by atoms with Gasteiger partial charge in [-0.3, -0.25) is 0 Å². The number of carbonyl (C=O) groups is 1. The van der Waals surface area contributed by atoms with Gasteiger partial charge in [0.2, 0.25) is 0 Å². The van der Waals surface area contributed by atoms with Crippen molar-refractivity contribution in [1.29, 1.82) is 0 Å². The Labute approximate surface area is 150 Å². The second-order valence-corrected chi connectivity index (χ2v) is 7.81. The van der Waals surface area contributed by atoms with E-state index in [1.54, 1.807) is 18.2 Å². The number of rotatable bonds is 5. The highest BCUT2D eigenvalue weighted by atomic mass is 35.5. The summed E-state index contributed by atoms with van der Waals surface area (Å²) in [6.45, 7) is -0.0952. The predicted molar refractivity (Wildman–Crippen MR) is 91.7 cm³/mol. The summed E-state index contributed by atoms with van der Waals surface area (Å²) in [5, 5.41) is 0.574.